The Balaban J connectivity index is 1.98. The normalized spacial score (nSPS) is 15.5. The predicted octanol–water partition coefficient (Wildman–Crippen LogP) is 2.69. The fraction of sp³-hybridized carbons (Fsp3) is 0.562. The molecule has 0 aromatic heterocycles. The smallest absolute Gasteiger partial charge is 0.407 e. The number of hydrogen-bond acceptors (Lipinski definition) is 4. The average Bonchev–Trinajstić information content (AvgIpc) is 2.45. The van der Waals surface area contributed by atoms with E-state index in [4.69, 9.17) is 9.47 Å². The molecule has 0 radical (unpaired) electrons. The fourth-order valence-corrected chi connectivity index (χ4v) is 2.20. The summed E-state index contributed by atoms with van der Waals surface area (Å²) in [6.45, 7) is 8.24. The van der Waals surface area contributed by atoms with Crippen LogP contribution >= 0.6 is 0 Å². The maximum atomic E-state index is 14.0. The summed E-state index contributed by atoms with van der Waals surface area (Å²) in [6.07, 6.45) is -0.482. The van der Waals surface area contributed by atoms with Gasteiger partial charge in [-0.05, 0) is 38.5 Å². The van der Waals surface area contributed by atoms with Crippen molar-refractivity contribution in [1.82, 2.24) is 5.32 Å². The van der Waals surface area contributed by atoms with Gasteiger partial charge < -0.3 is 19.7 Å². The first kappa shape index (κ1) is 16.5. The second-order valence-electron chi connectivity index (χ2n) is 6.24. The van der Waals surface area contributed by atoms with Gasteiger partial charge in [-0.3, -0.25) is 0 Å². The van der Waals surface area contributed by atoms with E-state index >= 15 is 0 Å². The zero-order valence-corrected chi connectivity index (χ0v) is 13.3. The van der Waals surface area contributed by atoms with Crippen molar-refractivity contribution in [2.45, 2.75) is 32.9 Å². The summed E-state index contributed by atoms with van der Waals surface area (Å²) >= 11 is 0. The third-order valence-corrected chi connectivity index (χ3v) is 3.20. The van der Waals surface area contributed by atoms with Crippen LogP contribution in [0, 0.1) is 5.82 Å². The van der Waals surface area contributed by atoms with Gasteiger partial charge in [0.15, 0.2) is 0 Å². The topological polar surface area (TPSA) is 50.8 Å². The number of nitrogens with one attached hydrogen (secondary N) is 1. The summed E-state index contributed by atoms with van der Waals surface area (Å²) in [4.78, 5) is 13.6. The quantitative estimate of drug-likeness (QED) is 0.932. The highest BCUT2D eigenvalue weighted by Crippen LogP contribution is 2.22. The average molecular weight is 310 g/mol. The van der Waals surface area contributed by atoms with Crippen LogP contribution in [0.1, 0.15) is 26.3 Å². The molecule has 1 aromatic rings. The summed E-state index contributed by atoms with van der Waals surface area (Å²) in [5.41, 5.74) is 0.840. The molecule has 1 N–H and O–H groups in total. The Kier molecular flexibility index (Phi) is 5.24. The van der Waals surface area contributed by atoms with E-state index < -0.39 is 11.7 Å². The number of hydrogen-bond donors (Lipinski definition) is 1. The lowest BCUT2D eigenvalue weighted by molar-refractivity contribution is 0.0523. The van der Waals surface area contributed by atoms with Crippen LogP contribution in [0.2, 0.25) is 0 Å². The van der Waals surface area contributed by atoms with E-state index in [1.807, 2.05) is 4.90 Å². The number of carbonyl (C=O) groups is 1. The molecule has 0 bridgehead atoms. The lowest BCUT2D eigenvalue weighted by Gasteiger charge is -2.29. The molecule has 1 heterocycles. The minimum Gasteiger partial charge on any atom is -0.444 e. The van der Waals surface area contributed by atoms with E-state index in [-0.39, 0.29) is 5.82 Å². The molecule has 6 heteroatoms. The predicted molar refractivity (Wildman–Crippen MR) is 82.5 cm³/mol. The number of rotatable bonds is 3. The summed E-state index contributed by atoms with van der Waals surface area (Å²) in [5, 5.41) is 2.68. The van der Waals surface area contributed by atoms with Crippen molar-refractivity contribution >= 4 is 11.8 Å². The first-order valence-electron chi connectivity index (χ1n) is 7.43. The zero-order valence-electron chi connectivity index (χ0n) is 13.3. The van der Waals surface area contributed by atoms with Crippen LogP contribution in [0.5, 0.6) is 0 Å². The third kappa shape index (κ3) is 4.87. The van der Waals surface area contributed by atoms with Crippen molar-refractivity contribution in [2.24, 2.45) is 0 Å². The van der Waals surface area contributed by atoms with Crippen LogP contribution in [0.25, 0.3) is 0 Å². The Hall–Kier alpha value is -1.82. The molecule has 0 aliphatic carbocycles. The van der Waals surface area contributed by atoms with Crippen LogP contribution in [-0.4, -0.2) is 38.0 Å². The van der Waals surface area contributed by atoms with Crippen LogP contribution in [0.3, 0.4) is 0 Å². The molecule has 5 nitrogen and oxygen atoms in total. The van der Waals surface area contributed by atoms with Gasteiger partial charge in [0.05, 0.1) is 18.9 Å². The summed E-state index contributed by atoms with van der Waals surface area (Å²) < 4.78 is 24.4. The van der Waals surface area contributed by atoms with E-state index in [0.29, 0.717) is 38.5 Å². The number of amides is 1. The van der Waals surface area contributed by atoms with Gasteiger partial charge in [-0.2, -0.15) is 0 Å². The zero-order chi connectivity index (χ0) is 16.2. The van der Waals surface area contributed by atoms with Crippen molar-refractivity contribution in [2.75, 3.05) is 31.2 Å². The SMILES string of the molecule is CC(C)(C)OC(=O)NCc1ccc(F)c(N2CCOCC2)c1. The Labute approximate surface area is 130 Å². The van der Waals surface area contributed by atoms with Gasteiger partial charge in [0.2, 0.25) is 0 Å². The highest BCUT2D eigenvalue weighted by molar-refractivity contribution is 5.67. The molecule has 1 aliphatic heterocycles. The van der Waals surface area contributed by atoms with E-state index in [0.717, 1.165) is 5.56 Å². The number of anilines is 1. The molecule has 22 heavy (non-hydrogen) atoms. The molecule has 0 saturated carbocycles. The van der Waals surface area contributed by atoms with Gasteiger partial charge in [-0.1, -0.05) is 6.07 Å². The molecule has 2 rings (SSSR count). The maximum absolute atomic E-state index is 14.0. The standard InChI is InChI=1S/C16H23FN2O3/c1-16(2,3)22-15(20)18-11-12-4-5-13(17)14(10-12)19-6-8-21-9-7-19/h4-5,10H,6-9,11H2,1-3H3,(H,18,20). The van der Waals surface area contributed by atoms with Crippen molar-refractivity contribution in [3.05, 3.63) is 29.6 Å². The second kappa shape index (κ2) is 6.96. The maximum Gasteiger partial charge on any atom is 0.407 e. The first-order valence-corrected chi connectivity index (χ1v) is 7.43. The Bertz CT molecular complexity index is 523. The highest BCUT2D eigenvalue weighted by Gasteiger charge is 2.17. The van der Waals surface area contributed by atoms with Crippen LogP contribution in [0.15, 0.2) is 18.2 Å². The number of halogens is 1. The number of alkyl carbamates (subject to hydrolysis) is 1. The molecule has 1 amide bonds. The van der Waals surface area contributed by atoms with Gasteiger partial charge in [0, 0.05) is 19.6 Å². The van der Waals surface area contributed by atoms with Crippen LogP contribution in [-0.2, 0) is 16.0 Å². The number of benzene rings is 1. The molecular formula is C16H23FN2O3. The summed E-state index contributed by atoms with van der Waals surface area (Å²) in [5.74, 6) is -0.261. The van der Waals surface area contributed by atoms with Crippen molar-refractivity contribution in [3.63, 3.8) is 0 Å². The molecule has 1 aliphatic rings. The van der Waals surface area contributed by atoms with Gasteiger partial charge >= 0.3 is 6.09 Å². The number of nitrogens with zero attached hydrogens (tertiary/aromatic N) is 1. The number of morpholine rings is 1. The molecule has 1 saturated heterocycles. The van der Waals surface area contributed by atoms with E-state index in [1.54, 1.807) is 32.9 Å². The lowest BCUT2D eigenvalue weighted by Crippen LogP contribution is -2.37. The van der Waals surface area contributed by atoms with E-state index in [1.165, 1.54) is 6.07 Å². The van der Waals surface area contributed by atoms with Gasteiger partial charge in [-0.15, -0.1) is 0 Å². The first-order chi connectivity index (χ1) is 10.3. The molecule has 0 spiro atoms. The van der Waals surface area contributed by atoms with Crippen molar-refractivity contribution in [3.8, 4) is 0 Å². The lowest BCUT2D eigenvalue weighted by atomic mass is 10.1. The van der Waals surface area contributed by atoms with E-state index in [9.17, 15) is 9.18 Å². The Morgan fingerprint density at radius 3 is 2.68 bits per heavy atom. The highest BCUT2D eigenvalue weighted by atomic mass is 19.1. The fourth-order valence-electron chi connectivity index (χ4n) is 2.20. The largest absolute Gasteiger partial charge is 0.444 e. The van der Waals surface area contributed by atoms with Crippen molar-refractivity contribution in [1.29, 1.82) is 0 Å². The second-order valence-corrected chi connectivity index (χ2v) is 6.24. The number of carbonyl (C=O) groups excluding carboxylic acids is 1. The molecular weight excluding hydrogens is 287 g/mol. The monoisotopic (exact) mass is 310 g/mol. The van der Waals surface area contributed by atoms with Crippen LogP contribution < -0.4 is 10.2 Å². The van der Waals surface area contributed by atoms with Crippen LogP contribution in [0.4, 0.5) is 14.9 Å². The third-order valence-electron chi connectivity index (χ3n) is 3.20. The van der Waals surface area contributed by atoms with Gasteiger partial charge in [0.1, 0.15) is 11.4 Å². The van der Waals surface area contributed by atoms with E-state index in [2.05, 4.69) is 5.32 Å². The minimum absolute atomic E-state index is 0.261. The summed E-state index contributed by atoms with van der Waals surface area (Å²) in [7, 11) is 0. The van der Waals surface area contributed by atoms with Crippen molar-refractivity contribution < 1.29 is 18.7 Å². The molecule has 0 unspecified atom stereocenters. The molecule has 0 atom stereocenters. The molecule has 122 valence electrons. The molecule has 1 aromatic carbocycles. The number of ether oxygens (including phenoxy) is 2. The molecule has 1 fully saturated rings. The van der Waals surface area contributed by atoms with Gasteiger partial charge in [0.25, 0.3) is 0 Å². The minimum atomic E-state index is -0.536. The summed E-state index contributed by atoms with van der Waals surface area (Å²) in [6, 6.07) is 4.85. The Morgan fingerprint density at radius 1 is 1.36 bits per heavy atom. The van der Waals surface area contributed by atoms with Gasteiger partial charge in [-0.25, -0.2) is 9.18 Å². The Morgan fingerprint density at radius 2 is 2.05 bits per heavy atom.